The Bertz CT molecular complexity index is 977. The number of amides is 1. The van der Waals surface area contributed by atoms with E-state index in [0.29, 0.717) is 51.1 Å². The van der Waals surface area contributed by atoms with Crippen LogP contribution >= 0.6 is 0 Å². The molecule has 1 amide bonds. The molecule has 1 aromatic heterocycles. The van der Waals surface area contributed by atoms with E-state index in [9.17, 15) is 13.6 Å². The van der Waals surface area contributed by atoms with E-state index in [1.807, 2.05) is 29.3 Å². The van der Waals surface area contributed by atoms with Gasteiger partial charge in [-0.25, -0.2) is 8.78 Å². The van der Waals surface area contributed by atoms with E-state index in [-0.39, 0.29) is 5.91 Å². The molecule has 3 aromatic rings. The number of benzene rings is 2. The Balaban J connectivity index is 1.28. The largest absolute Gasteiger partial charge is 0.361 e. The highest BCUT2D eigenvalue weighted by Crippen LogP contribution is 2.20. The summed E-state index contributed by atoms with van der Waals surface area (Å²) in [5.74, 6) is -1.45. The van der Waals surface area contributed by atoms with Crippen molar-refractivity contribution < 1.29 is 13.6 Å². The molecule has 2 aromatic carbocycles. The van der Waals surface area contributed by atoms with Gasteiger partial charge in [-0.2, -0.15) is 0 Å². The summed E-state index contributed by atoms with van der Waals surface area (Å²) < 4.78 is 27.2. The number of rotatable bonds is 5. The van der Waals surface area contributed by atoms with E-state index in [0.717, 1.165) is 22.5 Å². The standard InChI is InChI=1S/C22H23F2N3O/c23-19-6-3-4-17(22(19)24)15-26-10-12-27(13-11-26)21(28)9-8-16-14-25-20-7-2-1-5-18(16)20/h1-7,14,25H,8-13,15H2. The molecule has 1 aliphatic heterocycles. The van der Waals surface area contributed by atoms with Crippen LogP contribution in [0.15, 0.2) is 48.7 Å². The molecule has 146 valence electrons. The number of carbonyl (C=O) groups is 1. The van der Waals surface area contributed by atoms with E-state index in [1.54, 1.807) is 6.07 Å². The normalized spacial score (nSPS) is 15.3. The molecule has 0 spiro atoms. The number of hydrogen-bond donors (Lipinski definition) is 1. The lowest BCUT2D eigenvalue weighted by Crippen LogP contribution is -2.48. The van der Waals surface area contributed by atoms with Crippen LogP contribution in [0.5, 0.6) is 0 Å². The van der Waals surface area contributed by atoms with Gasteiger partial charge in [0.05, 0.1) is 0 Å². The Labute approximate surface area is 162 Å². The lowest BCUT2D eigenvalue weighted by molar-refractivity contribution is -0.133. The number of halogens is 2. The minimum atomic E-state index is -0.816. The fraction of sp³-hybridized carbons (Fsp3) is 0.318. The van der Waals surface area contributed by atoms with Gasteiger partial charge >= 0.3 is 0 Å². The Morgan fingerprint density at radius 2 is 1.75 bits per heavy atom. The van der Waals surface area contributed by atoms with Gasteiger partial charge in [-0.05, 0) is 24.1 Å². The van der Waals surface area contributed by atoms with Crippen LogP contribution < -0.4 is 0 Å². The van der Waals surface area contributed by atoms with E-state index >= 15 is 0 Å². The Kier molecular flexibility index (Phi) is 5.39. The average molecular weight is 383 g/mol. The summed E-state index contributed by atoms with van der Waals surface area (Å²) in [4.78, 5) is 19.7. The number of nitrogens with zero attached hydrogens (tertiary/aromatic N) is 2. The number of aromatic amines is 1. The number of piperazine rings is 1. The number of aryl methyl sites for hydroxylation is 1. The van der Waals surface area contributed by atoms with E-state index in [1.165, 1.54) is 6.07 Å². The summed E-state index contributed by atoms with van der Waals surface area (Å²) in [5.41, 5.74) is 2.60. The van der Waals surface area contributed by atoms with Crippen molar-refractivity contribution in [1.82, 2.24) is 14.8 Å². The zero-order valence-electron chi connectivity index (χ0n) is 15.6. The van der Waals surface area contributed by atoms with Crippen molar-refractivity contribution in [3.05, 3.63) is 71.4 Å². The van der Waals surface area contributed by atoms with Gasteiger partial charge in [0.25, 0.3) is 0 Å². The Morgan fingerprint density at radius 3 is 2.57 bits per heavy atom. The van der Waals surface area contributed by atoms with Gasteiger partial charge in [0.2, 0.25) is 5.91 Å². The molecule has 0 saturated carbocycles. The maximum atomic E-state index is 13.8. The predicted octanol–water partition coefficient (Wildman–Crippen LogP) is 3.72. The lowest BCUT2D eigenvalue weighted by atomic mass is 10.1. The summed E-state index contributed by atoms with van der Waals surface area (Å²) in [6.45, 7) is 2.91. The SMILES string of the molecule is O=C(CCc1c[nH]c2ccccc12)N1CCN(Cc2cccc(F)c2F)CC1. The van der Waals surface area contributed by atoms with E-state index < -0.39 is 11.6 Å². The molecule has 4 nitrogen and oxygen atoms in total. The molecule has 0 atom stereocenters. The molecule has 0 bridgehead atoms. The van der Waals surface area contributed by atoms with Gasteiger partial charge in [0, 0.05) is 61.8 Å². The van der Waals surface area contributed by atoms with Crippen LogP contribution in [-0.2, 0) is 17.8 Å². The first kappa shape index (κ1) is 18.6. The first-order valence-corrected chi connectivity index (χ1v) is 9.60. The second-order valence-electron chi connectivity index (χ2n) is 7.23. The quantitative estimate of drug-likeness (QED) is 0.729. The first-order chi connectivity index (χ1) is 13.6. The summed E-state index contributed by atoms with van der Waals surface area (Å²) in [7, 11) is 0. The van der Waals surface area contributed by atoms with Gasteiger partial charge in [0.15, 0.2) is 11.6 Å². The third kappa shape index (κ3) is 3.92. The number of nitrogens with one attached hydrogen (secondary N) is 1. The van der Waals surface area contributed by atoms with E-state index in [2.05, 4.69) is 16.0 Å². The minimum Gasteiger partial charge on any atom is -0.361 e. The molecule has 0 aliphatic carbocycles. The molecule has 1 saturated heterocycles. The zero-order chi connectivity index (χ0) is 19.5. The number of aromatic nitrogens is 1. The van der Waals surface area contributed by atoms with Crippen molar-refractivity contribution >= 4 is 16.8 Å². The summed E-state index contributed by atoms with van der Waals surface area (Å²) in [6, 6.07) is 12.3. The van der Waals surface area contributed by atoms with Crippen LogP contribution in [0.2, 0.25) is 0 Å². The minimum absolute atomic E-state index is 0.141. The predicted molar refractivity (Wildman–Crippen MR) is 105 cm³/mol. The van der Waals surface area contributed by atoms with Crippen molar-refractivity contribution in [2.24, 2.45) is 0 Å². The van der Waals surface area contributed by atoms with Crippen molar-refractivity contribution in [3.8, 4) is 0 Å². The smallest absolute Gasteiger partial charge is 0.222 e. The van der Waals surface area contributed by atoms with Crippen molar-refractivity contribution in [2.45, 2.75) is 19.4 Å². The number of fused-ring (bicyclic) bond motifs is 1. The summed E-state index contributed by atoms with van der Waals surface area (Å²) in [6.07, 6.45) is 3.15. The van der Waals surface area contributed by atoms with Gasteiger partial charge in [-0.15, -0.1) is 0 Å². The van der Waals surface area contributed by atoms with Crippen LogP contribution in [0.25, 0.3) is 10.9 Å². The monoisotopic (exact) mass is 383 g/mol. The second-order valence-corrected chi connectivity index (χ2v) is 7.23. The fourth-order valence-corrected chi connectivity index (χ4v) is 3.81. The van der Waals surface area contributed by atoms with Crippen LogP contribution in [0.4, 0.5) is 8.78 Å². The first-order valence-electron chi connectivity index (χ1n) is 9.60. The third-order valence-corrected chi connectivity index (χ3v) is 5.43. The molecule has 4 rings (SSSR count). The molecular weight excluding hydrogens is 360 g/mol. The fourth-order valence-electron chi connectivity index (χ4n) is 3.81. The topological polar surface area (TPSA) is 39.3 Å². The molecule has 2 heterocycles. The van der Waals surface area contributed by atoms with Gasteiger partial charge in [-0.1, -0.05) is 30.3 Å². The molecule has 0 radical (unpaired) electrons. The van der Waals surface area contributed by atoms with Gasteiger partial charge < -0.3 is 9.88 Å². The van der Waals surface area contributed by atoms with Crippen molar-refractivity contribution in [2.75, 3.05) is 26.2 Å². The van der Waals surface area contributed by atoms with Gasteiger partial charge in [0.1, 0.15) is 0 Å². The number of hydrogen-bond acceptors (Lipinski definition) is 2. The number of carbonyl (C=O) groups excluding carboxylic acids is 1. The summed E-state index contributed by atoms with van der Waals surface area (Å²) in [5, 5.41) is 1.16. The maximum absolute atomic E-state index is 13.8. The molecular formula is C22H23F2N3O. The van der Waals surface area contributed by atoms with Crippen LogP contribution in [0.3, 0.4) is 0 Å². The van der Waals surface area contributed by atoms with Crippen LogP contribution in [0.1, 0.15) is 17.5 Å². The Morgan fingerprint density at radius 1 is 0.964 bits per heavy atom. The summed E-state index contributed by atoms with van der Waals surface area (Å²) >= 11 is 0. The highest BCUT2D eigenvalue weighted by Gasteiger charge is 2.22. The second kappa shape index (κ2) is 8.10. The third-order valence-electron chi connectivity index (χ3n) is 5.43. The molecule has 1 aliphatic rings. The highest BCUT2D eigenvalue weighted by atomic mass is 19.2. The van der Waals surface area contributed by atoms with Crippen LogP contribution in [0, 0.1) is 11.6 Å². The molecule has 28 heavy (non-hydrogen) atoms. The van der Waals surface area contributed by atoms with E-state index in [4.69, 9.17) is 0 Å². The number of H-pyrrole nitrogens is 1. The molecule has 0 unspecified atom stereocenters. The maximum Gasteiger partial charge on any atom is 0.222 e. The Hall–Kier alpha value is -2.73. The van der Waals surface area contributed by atoms with Crippen LogP contribution in [-0.4, -0.2) is 46.9 Å². The van der Waals surface area contributed by atoms with Crippen molar-refractivity contribution in [1.29, 1.82) is 0 Å². The van der Waals surface area contributed by atoms with Crippen molar-refractivity contribution in [3.63, 3.8) is 0 Å². The average Bonchev–Trinajstić information content (AvgIpc) is 3.13. The zero-order valence-corrected chi connectivity index (χ0v) is 15.6. The lowest BCUT2D eigenvalue weighted by Gasteiger charge is -2.35. The molecule has 6 heteroatoms. The van der Waals surface area contributed by atoms with Gasteiger partial charge in [-0.3, -0.25) is 9.69 Å². The molecule has 1 N–H and O–H groups in total. The highest BCUT2D eigenvalue weighted by molar-refractivity contribution is 5.84. The molecule has 1 fully saturated rings. The number of para-hydroxylation sites is 1.